The first-order valence-corrected chi connectivity index (χ1v) is 18.6. The quantitative estimate of drug-likeness (QED) is 0.0324. The molecule has 8 nitrogen and oxygen atoms in total. The number of allylic oxidation sites excluding steroid dienone is 9. The summed E-state index contributed by atoms with van der Waals surface area (Å²) in [5.41, 5.74) is 0. The van der Waals surface area contributed by atoms with E-state index in [1.165, 1.54) is 19.3 Å². The Kier molecular flexibility index (Phi) is 27.3. The topological polar surface area (TPSA) is 105 Å². The molecule has 0 aromatic carbocycles. The molecular formula is C36H66N2O6P+. The van der Waals surface area contributed by atoms with Crippen LogP contribution < -0.4 is 5.32 Å². The van der Waals surface area contributed by atoms with Gasteiger partial charge in [-0.15, -0.1) is 0 Å². The van der Waals surface area contributed by atoms with Crippen molar-refractivity contribution in [1.29, 1.82) is 0 Å². The van der Waals surface area contributed by atoms with Crippen LogP contribution in [-0.4, -0.2) is 73.4 Å². The number of carbonyl (C=O) groups excluding carboxylic acids is 1. The lowest BCUT2D eigenvalue weighted by molar-refractivity contribution is -0.870. The van der Waals surface area contributed by atoms with Crippen molar-refractivity contribution in [2.24, 2.45) is 0 Å². The van der Waals surface area contributed by atoms with E-state index < -0.39 is 20.0 Å². The van der Waals surface area contributed by atoms with Gasteiger partial charge in [0.15, 0.2) is 0 Å². The van der Waals surface area contributed by atoms with Crippen LogP contribution in [0.4, 0.5) is 0 Å². The molecule has 260 valence electrons. The van der Waals surface area contributed by atoms with Crippen molar-refractivity contribution in [1.82, 2.24) is 5.32 Å². The highest BCUT2D eigenvalue weighted by atomic mass is 31.2. The van der Waals surface area contributed by atoms with Gasteiger partial charge in [0.05, 0.1) is 39.9 Å². The zero-order valence-electron chi connectivity index (χ0n) is 29.1. The molecule has 45 heavy (non-hydrogen) atoms. The van der Waals surface area contributed by atoms with E-state index in [1.807, 2.05) is 40.2 Å². The molecule has 0 spiro atoms. The van der Waals surface area contributed by atoms with Crippen LogP contribution in [0, 0.1) is 0 Å². The summed E-state index contributed by atoms with van der Waals surface area (Å²) in [6.45, 7) is 4.45. The Hall–Kier alpha value is -1.80. The monoisotopic (exact) mass is 653 g/mol. The van der Waals surface area contributed by atoms with Gasteiger partial charge in [0, 0.05) is 6.42 Å². The highest BCUT2D eigenvalue weighted by molar-refractivity contribution is 7.47. The summed E-state index contributed by atoms with van der Waals surface area (Å²) in [6, 6.07) is -0.874. The van der Waals surface area contributed by atoms with Crippen molar-refractivity contribution < 1.29 is 32.9 Å². The SMILES string of the molecule is C/C=C/CC/C=C/CC/C=C/C(O)C(COP(=O)(O)OCC[N+](C)(C)C)NC(=O)CCCCCCC/C=C\C/C=C\CCCC. The van der Waals surface area contributed by atoms with Crippen LogP contribution in [0.3, 0.4) is 0 Å². The fourth-order valence-corrected chi connectivity index (χ4v) is 4.95. The summed E-state index contributed by atoms with van der Waals surface area (Å²) < 4.78 is 23.3. The van der Waals surface area contributed by atoms with Crippen LogP contribution in [0.1, 0.15) is 110 Å². The number of nitrogens with one attached hydrogen (secondary N) is 1. The number of rotatable bonds is 29. The second kappa shape index (κ2) is 28.4. The van der Waals surface area contributed by atoms with Crippen molar-refractivity contribution in [3.63, 3.8) is 0 Å². The molecule has 9 heteroatoms. The van der Waals surface area contributed by atoms with Crippen LogP contribution in [0.25, 0.3) is 0 Å². The average Bonchev–Trinajstić information content (AvgIpc) is 2.97. The van der Waals surface area contributed by atoms with Gasteiger partial charge in [-0.2, -0.15) is 0 Å². The van der Waals surface area contributed by atoms with Crippen molar-refractivity contribution in [2.75, 3.05) is 40.9 Å². The first-order chi connectivity index (χ1) is 21.5. The Morgan fingerprint density at radius 2 is 1.38 bits per heavy atom. The van der Waals surface area contributed by atoms with E-state index in [2.05, 4.69) is 54.8 Å². The number of nitrogens with zero attached hydrogens (tertiary/aromatic N) is 1. The molecule has 3 atom stereocenters. The van der Waals surface area contributed by atoms with Gasteiger partial charge in [0.25, 0.3) is 0 Å². The molecular weight excluding hydrogens is 587 g/mol. The Labute approximate surface area is 275 Å². The smallest absolute Gasteiger partial charge is 0.387 e. The van der Waals surface area contributed by atoms with Crippen molar-refractivity contribution >= 4 is 13.7 Å². The van der Waals surface area contributed by atoms with Gasteiger partial charge in [-0.3, -0.25) is 13.8 Å². The lowest BCUT2D eigenvalue weighted by Gasteiger charge is -2.25. The fraction of sp³-hybridized carbons (Fsp3) is 0.694. The minimum absolute atomic E-state index is 0.0474. The van der Waals surface area contributed by atoms with E-state index in [-0.39, 0.29) is 19.1 Å². The molecule has 0 saturated carbocycles. The van der Waals surface area contributed by atoms with Gasteiger partial charge < -0.3 is 19.8 Å². The molecule has 0 rings (SSSR count). The molecule has 3 N–H and O–H groups in total. The van der Waals surface area contributed by atoms with Crippen LogP contribution in [0.5, 0.6) is 0 Å². The molecule has 0 aliphatic rings. The summed E-state index contributed by atoms with van der Waals surface area (Å²) in [5.74, 6) is -0.214. The summed E-state index contributed by atoms with van der Waals surface area (Å²) in [6.07, 6.45) is 34.5. The molecule has 0 aliphatic carbocycles. The van der Waals surface area contributed by atoms with Crippen molar-refractivity contribution in [3.05, 3.63) is 60.8 Å². The second-order valence-corrected chi connectivity index (χ2v) is 14.0. The van der Waals surface area contributed by atoms with Gasteiger partial charge in [-0.25, -0.2) is 4.57 Å². The normalized spacial score (nSPS) is 15.6. The number of aliphatic hydroxyl groups excluding tert-OH is 1. The van der Waals surface area contributed by atoms with E-state index in [4.69, 9.17) is 9.05 Å². The van der Waals surface area contributed by atoms with E-state index in [0.717, 1.165) is 70.6 Å². The predicted molar refractivity (Wildman–Crippen MR) is 189 cm³/mol. The molecule has 0 heterocycles. The number of hydrogen-bond donors (Lipinski definition) is 3. The third-order valence-corrected chi connectivity index (χ3v) is 8.02. The van der Waals surface area contributed by atoms with Gasteiger partial charge in [0.2, 0.25) is 5.91 Å². The average molecular weight is 654 g/mol. The number of phosphoric ester groups is 1. The van der Waals surface area contributed by atoms with Gasteiger partial charge in [-0.05, 0) is 64.7 Å². The maximum Gasteiger partial charge on any atom is 0.472 e. The van der Waals surface area contributed by atoms with Gasteiger partial charge in [0.1, 0.15) is 13.2 Å². The predicted octanol–water partition coefficient (Wildman–Crippen LogP) is 8.34. The summed E-state index contributed by atoms with van der Waals surface area (Å²) >= 11 is 0. The molecule has 0 fully saturated rings. The molecule has 0 aliphatic heterocycles. The molecule has 3 unspecified atom stereocenters. The molecule has 1 amide bonds. The highest BCUT2D eigenvalue weighted by Crippen LogP contribution is 2.43. The molecule has 0 radical (unpaired) electrons. The zero-order chi connectivity index (χ0) is 33.7. The minimum Gasteiger partial charge on any atom is -0.387 e. The maximum atomic E-state index is 12.7. The van der Waals surface area contributed by atoms with Crippen LogP contribution in [-0.2, 0) is 18.4 Å². The number of likely N-dealkylation sites (N-methyl/N-ethyl adjacent to an activating group) is 1. The van der Waals surface area contributed by atoms with Crippen molar-refractivity contribution in [2.45, 2.75) is 122 Å². The number of aliphatic hydroxyl groups is 1. The fourth-order valence-electron chi connectivity index (χ4n) is 4.21. The Morgan fingerprint density at radius 3 is 2.02 bits per heavy atom. The number of quaternary nitrogens is 1. The van der Waals surface area contributed by atoms with Crippen LogP contribution in [0.15, 0.2) is 60.8 Å². The Morgan fingerprint density at radius 1 is 0.800 bits per heavy atom. The van der Waals surface area contributed by atoms with E-state index in [0.29, 0.717) is 17.4 Å². The summed E-state index contributed by atoms with van der Waals surface area (Å²) in [5, 5.41) is 13.6. The molecule has 0 aromatic rings. The third kappa shape index (κ3) is 30.6. The molecule has 0 bridgehead atoms. The molecule has 0 aromatic heterocycles. The Balaban J connectivity index is 4.64. The third-order valence-electron chi connectivity index (χ3n) is 7.03. The van der Waals surface area contributed by atoms with Gasteiger partial charge >= 0.3 is 7.82 Å². The number of hydrogen-bond acceptors (Lipinski definition) is 5. The maximum absolute atomic E-state index is 12.7. The van der Waals surface area contributed by atoms with Crippen molar-refractivity contribution in [3.8, 4) is 0 Å². The lowest BCUT2D eigenvalue weighted by Crippen LogP contribution is -2.45. The summed E-state index contributed by atoms with van der Waals surface area (Å²) in [4.78, 5) is 22.9. The number of amides is 1. The lowest BCUT2D eigenvalue weighted by atomic mass is 10.1. The standard InChI is InChI=1S/C36H65N2O6P/c1-6-8-10-12-14-16-17-18-19-20-22-24-26-28-30-36(40)37-34(33-44-45(41,42)43-32-31-38(3,4)5)35(39)29-27-25-23-21-15-13-11-9-7-2/h7,9,12,14-15,17-18,21,27,29,34-35,39H,6,8,10-11,13,16,19-20,22-26,28,30-33H2,1-5H3,(H-,37,40,41,42)/p+1/b9-7+,14-12-,18-17-,21-15+,29-27+. The highest BCUT2D eigenvalue weighted by Gasteiger charge is 2.27. The number of phosphoric acid groups is 1. The van der Waals surface area contributed by atoms with Crippen LogP contribution in [0.2, 0.25) is 0 Å². The minimum atomic E-state index is -4.34. The zero-order valence-corrected chi connectivity index (χ0v) is 30.0. The van der Waals surface area contributed by atoms with E-state index in [1.54, 1.807) is 6.08 Å². The summed E-state index contributed by atoms with van der Waals surface area (Å²) in [7, 11) is 1.52. The Bertz CT molecular complexity index is 923. The van der Waals surface area contributed by atoms with E-state index in [9.17, 15) is 19.4 Å². The second-order valence-electron chi connectivity index (χ2n) is 12.5. The number of unbranched alkanes of at least 4 members (excludes halogenated alkanes) is 9. The first kappa shape index (κ1) is 43.2. The molecule has 0 saturated heterocycles. The van der Waals surface area contributed by atoms with E-state index >= 15 is 0 Å². The van der Waals surface area contributed by atoms with Crippen LogP contribution >= 0.6 is 7.82 Å². The van der Waals surface area contributed by atoms with Gasteiger partial charge in [-0.1, -0.05) is 99.8 Å². The first-order valence-electron chi connectivity index (χ1n) is 17.1. The largest absolute Gasteiger partial charge is 0.472 e. The number of carbonyl (C=O) groups is 1.